The van der Waals surface area contributed by atoms with Gasteiger partial charge in [0.2, 0.25) is 0 Å². The lowest BCUT2D eigenvalue weighted by molar-refractivity contribution is -0.889. The van der Waals surface area contributed by atoms with Crippen LogP contribution in [0.2, 0.25) is 0 Å². The minimum atomic E-state index is -0.0681. The second-order valence-corrected chi connectivity index (χ2v) is 8.50. The van der Waals surface area contributed by atoms with Crippen molar-refractivity contribution in [1.82, 2.24) is 0 Å². The molecule has 150 valence electrons. The summed E-state index contributed by atoms with van der Waals surface area (Å²) in [6, 6.07) is 0. The Bertz CT molecular complexity index is 351. The van der Waals surface area contributed by atoms with E-state index in [9.17, 15) is 10.1 Å². The molecule has 0 saturated carbocycles. The van der Waals surface area contributed by atoms with Crippen molar-refractivity contribution in [2.24, 2.45) is 22.4 Å². The monoisotopic (exact) mass is 356 g/mol. The zero-order valence-electron chi connectivity index (χ0n) is 17.9. The van der Waals surface area contributed by atoms with Gasteiger partial charge >= 0.3 is 0 Å². The predicted octanol–water partition coefficient (Wildman–Crippen LogP) is 6.53. The van der Waals surface area contributed by atoms with Crippen LogP contribution in [0.4, 0.5) is 0 Å². The third-order valence-electron chi connectivity index (χ3n) is 6.14. The fourth-order valence-corrected chi connectivity index (χ4v) is 4.15. The number of quaternary nitrogens is 1. The van der Waals surface area contributed by atoms with Crippen molar-refractivity contribution >= 4 is 0 Å². The van der Waals surface area contributed by atoms with Gasteiger partial charge in [0.05, 0.1) is 26.2 Å². The fourth-order valence-electron chi connectivity index (χ4n) is 4.15. The van der Waals surface area contributed by atoms with E-state index in [2.05, 4.69) is 39.8 Å². The molecule has 4 nitrogen and oxygen atoms in total. The summed E-state index contributed by atoms with van der Waals surface area (Å²) >= 11 is 0. The number of nitrogens with zero attached hydrogens (tertiary/aromatic N) is 2. The number of nitroso groups, excluding NO2 is 1. The fraction of sp³-hybridized carbons (Fsp3) is 1.00. The zero-order valence-corrected chi connectivity index (χ0v) is 17.9. The molecule has 0 N–H and O–H groups in total. The first-order valence-corrected chi connectivity index (χ1v) is 10.7. The standard InChI is InChI=1S/C21H44N2O2/c1-7-11-15-21(6,9-3)18-23(25,10-4)17-19(5)20(13-8-2)14-12-16-22-24/h19-20H,7-18H2,1-6H3. The van der Waals surface area contributed by atoms with Gasteiger partial charge in [-0.3, -0.25) is 0 Å². The van der Waals surface area contributed by atoms with Crippen molar-refractivity contribution in [3.8, 4) is 0 Å². The van der Waals surface area contributed by atoms with Crippen LogP contribution < -0.4 is 0 Å². The van der Waals surface area contributed by atoms with Crippen molar-refractivity contribution < 1.29 is 4.65 Å². The molecule has 0 aliphatic rings. The topological polar surface area (TPSA) is 52.5 Å². The molecular weight excluding hydrogens is 312 g/mol. The molecule has 0 rings (SSSR count). The first kappa shape index (κ1) is 24.5. The lowest BCUT2D eigenvalue weighted by atomic mass is 9.80. The normalized spacial score (nSPS) is 19.0. The van der Waals surface area contributed by atoms with Crippen LogP contribution in [0, 0.1) is 27.4 Å². The van der Waals surface area contributed by atoms with Gasteiger partial charge in [-0.1, -0.05) is 65.5 Å². The van der Waals surface area contributed by atoms with E-state index in [1.54, 1.807) is 0 Å². The molecule has 0 bridgehead atoms. The van der Waals surface area contributed by atoms with Gasteiger partial charge in [0.15, 0.2) is 0 Å². The van der Waals surface area contributed by atoms with Crippen LogP contribution in [0.25, 0.3) is 0 Å². The summed E-state index contributed by atoms with van der Waals surface area (Å²) in [6.07, 6.45) is 8.79. The number of hydroxylamine groups is 3. The van der Waals surface area contributed by atoms with Crippen LogP contribution in [0.3, 0.4) is 0 Å². The summed E-state index contributed by atoms with van der Waals surface area (Å²) < 4.78 is -0.0681. The Kier molecular flexibility index (Phi) is 12.6. The van der Waals surface area contributed by atoms with E-state index in [4.69, 9.17) is 0 Å². The van der Waals surface area contributed by atoms with Crippen molar-refractivity contribution in [3.05, 3.63) is 10.1 Å². The maximum absolute atomic E-state index is 13.5. The zero-order chi connectivity index (χ0) is 19.3. The summed E-state index contributed by atoms with van der Waals surface area (Å²) in [5.74, 6) is 0.935. The van der Waals surface area contributed by atoms with Gasteiger partial charge < -0.3 is 9.85 Å². The molecular formula is C21H44N2O2. The minimum Gasteiger partial charge on any atom is -0.633 e. The van der Waals surface area contributed by atoms with E-state index in [1.165, 1.54) is 12.8 Å². The molecule has 0 spiro atoms. The molecule has 4 heteroatoms. The molecule has 4 unspecified atom stereocenters. The van der Waals surface area contributed by atoms with E-state index < -0.39 is 0 Å². The first-order valence-electron chi connectivity index (χ1n) is 10.7. The predicted molar refractivity (Wildman–Crippen MR) is 109 cm³/mol. The van der Waals surface area contributed by atoms with Crippen molar-refractivity contribution in [1.29, 1.82) is 0 Å². The Morgan fingerprint density at radius 1 is 1.08 bits per heavy atom. The van der Waals surface area contributed by atoms with Crippen LogP contribution >= 0.6 is 0 Å². The van der Waals surface area contributed by atoms with E-state index in [-0.39, 0.29) is 10.1 Å². The van der Waals surface area contributed by atoms with E-state index in [1.807, 2.05) is 6.92 Å². The Labute approximate surface area is 156 Å². The number of rotatable bonds is 16. The largest absolute Gasteiger partial charge is 0.633 e. The number of hydrogen-bond donors (Lipinski definition) is 0. The molecule has 0 aliphatic heterocycles. The molecule has 0 saturated heterocycles. The summed E-state index contributed by atoms with van der Waals surface area (Å²) in [4.78, 5) is 10.4. The van der Waals surface area contributed by atoms with Gasteiger partial charge in [-0.05, 0) is 38.5 Å². The molecule has 25 heavy (non-hydrogen) atoms. The summed E-state index contributed by atoms with van der Waals surface area (Å²) in [5, 5.41) is 16.5. The SMILES string of the molecule is CCCCC(C)(CC)C[N+]([O-])(CC)CC(C)C(CCC)CCCN=O. The van der Waals surface area contributed by atoms with Crippen molar-refractivity contribution in [2.75, 3.05) is 26.2 Å². The van der Waals surface area contributed by atoms with Crippen LogP contribution in [0.15, 0.2) is 5.18 Å². The first-order chi connectivity index (χ1) is 11.8. The Morgan fingerprint density at radius 2 is 1.76 bits per heavy atom. The Hall–Kier alpha value is -0.480. The van der Waals surface area contributed by atoms with Gasteiger partial charge in [-0.25, -0.2) is 0 Å². The highest BCUT2D eigenvalue weighted by Crippen LogP contribution is 2.34. The van der Waals surface area contributed by atoms with Crippen LogP contribution in [0.5, 0.6) is 0 Å². The molecule has 0 aromatic carbocycles. The van der Waals surface area contributed by atoms with Gasteiger partial charge in [-0.15, -0.1) is 0 Å². The second kappa shape index (κ2) is 12.8. The summed E-state index contributed by atoms with van der Waals surface area (Å²) in [7, 11) is 0. The van der Waals surface area contributed by atoms with Gasteiger partial charge in [-0.2, -0.15) is 4.91 Å². The lowest BCUT2D eigenvalue weighted by Gasteiger charge is -2.49. The smallest absolute Gasteiger partial charge is 0.0838 e. The lowest BCUT2D eigenvalue weighted by Crippen LogP contribution is -2.51. The van der Waals surface area contributed by atoms with Gasteiger partial charge in [0.1, 0.15) is 0 Å². The molecule has 4 atom stereocenters. The molecule has 0 amide bonds. The summed E-state index contributed by atoms with van der Waals surface area (Å²) in [5.41, 5.74) is 0.148. The molecule has 0 heterocycles. The third kappa shape index (κ3) is 9.69. The molecule has 0 aromatic rings. The van der Waals surface area contributed by atoms with Crippen molar-refractivity contribution in [3.63, 3.8) is 0 Å². The quantitative estimate of drug-likeness (QED) is 0.137. The molecule has 0 aliphatic carbocycles. The Balaban J connectivity index is 4.93. The summed E-state index contributed by atoms with van der Waals surface area (Å²) in [6.45, 7) is 15.7. The van der Waals surface area contributed by atoms with E-state index >= 15 is 0 Å². The van der Waals surface area contributed by atoms with Gasteiger partial charge in [0, 0.05) is 11.3 Å². The molecule has 0 radical (unpaired) electrons. The highest BCUT2D eigenvalue weighted by Gasteiger charge is 2.32. The minimum absolute atomic E-state index is 0.0681. The van der Waals surface area contributed by atoms with E-state index in [0.717, 1.165) is 45.1 Å². The second-order valence-electron chi connectivity index (χ2n) is 8.50. The third-order valence-corrected chi connectivity index (χ3v) is 6.14. The maximum atomic E-state index is 13.5. The average molecular weight is 357 g/mol. The number of hydrogen-bond acceptors (Lipinski definition) is 3. The Morgan fingerprint density at radius 3 is 2.24 bits per heavy atom. The molecule has 0 fully saturated rings. The highest BCUT2D eigenvalue weighted by atomic mass is 16.5. The average Bonchev–Trinajstić information content (AvgIpc) is 2.59. The molecule has 0 aromatic heterocycles. The van der Waals surface area contributed by atoms with Crippen molar-refractivity contribution in [2.45, 2.75) is 92.9 Å². The maximum Gasteiger partial charge on any atom is 0.0838 e. The number of unbranched alkanes of at least 4 members (excludes halogenated alkanes) is 1. The highest BCUT2D eigenvalue weighted by molar-refractivity contribution is 4.75. The van der Waals surface area contributed by atoms with E-state index in [0.29, 0.717) is 31.5 Å². The van der Waals surface area contributed by atoms with Crippen LogP contribution in [-0.4, -0.2) is 30.8 Å². The van der Waals surface area contributed by atoms with Gasteiger partial charge in [0.25, 0.3) is 0 Å². The van der Waals surface area contributed by atoms with Crippen LogP contribution in [0.1, 0.15) is 92.9 Å². The van der Waals surface area contributed by atoms with Crippen LogP contribution in [-0.2, 0) is 0 Å².